The van der Waals surface area contributed by atoms with E-state index in [9.17, 15) is 33.6 Å². The molecule has 0 spiro atoms. The van der Waals surface area contributed by atoms with Crippen molar-refractivity contribution in [3.63, 3.8) is 0 Å². The normalized spacial score (nSPS) is 27.5. The van der Waals surface area contributed by atoms with Crippen LogP contribution in [0.2, 0.25) is 0 Å². The first-order valence-corrected chi connectivity index (χ1v) is 13.1. The number of aromatic amines is 1. The number of anilines is 1. The number of fused-ring (bicyclic) bond motifs is 1. The molecule has 0 aliphatic carbocycles. The van der Waals surface area contributed by atoms with Gasteiger partial charge in [0.05, 0.1) is 13.7 Å². The van der Waals surface area contributed by atoms with E-state index in [0.717, 1.165) is 0 Å². The van der Waals surface area contributed by atoms with Crippen LogP contribution in [0.25, 0.3) is 11.2 Å². The van der Waals surface area contributed by atoms with Gasteiger partial charge in [0.2, 0.25) is 11.7 Å². The minimum atomic E-state index is -5.73. The van der Waals surface area contributed by atoms with E-state index in [1.165, 1.54) is 22.5 Å². The van der Waals surface area contributed by atoms with Gasteiger partial charge in [0.15, 0.2) is 6.33 Å². The second kappa shape index (κ2) is 8.90. The molecule has 9 N–H and O–H groups in total. The van der Waals surface area contributed by atoms with Crippen LogP contribution in [0.5, 0.6) is 0 Å². The van der Waals surface area contributed by atoms with Crippen LogP contribution in [-0.2, 0) is 38.6 Å². The number of nitrogens with zero attached hydrogens (tertiary/aromatic N) is 3. The smallest absolute Gasteiger partial charge is 0.387 e. The van der Waals surface area contributed by atoms with E-state index >= 15 is 0 Å². The number of aliphatic hydroxyl groups is 2. The number of nitrogen functional groups attached to an aromatic ring is 1. The van der Waals surface area contributed by atoms with Gasteiger partial charge < -0.3 is 40.3 Å². The number of aromatic nitrogens is 4. The Morgan fingerprint density at radius 3 is 2.42 bits per heavy atom. The fraction of sp³-hybridized carbons (Fsp3) is 0.545. The second-order valence-electron chi connectivity index (χ2n) is 6.69. The first-order chi connectivity index (χ1) is 15.0. The van der Waals surface area contributed by atoms with E-state index in [0.29, 0.717) is 0 Å². The SMILES string of the molecule is Cn1c[n+]([C@@H]2O[C@@H](COP(=O)(O)OP(=O)(O)OP(=O)(O)O)[C@H](O)[C@H]2O)c2nc(N)[nH]c(=O)c21. The van der Waals surface area contributed by atoms with Gasteiger partial charge >= 0.3 is 29.1 Å². The average molecular weight is 538 g/mol. The number of nitrogens with one attached hydrogen (secondary N) is 1. The lowest BCUT2D eigenvalue weighted by Crippen LogP contribution is -2.46. The molecule has 0 bridgehead atoms. The Balaban J connectivity index is 1.76. The lowest BCUT2D eigenvalue weighted by atomic mass is 10.1. The minimum absolute atomic E-state index is 0.0245. The van der Waals surface area contributed by atoms with E-state index in [1.807, 2.05) is 0 Å². The molecule has 1 saturated heterocycles. The highest BCUT2D eigenvalue weighted by molar-refractivity contribution is 7.66. The van der Waals surface area contributed by atoms with Crippen molar-refractivity contribution in [3.8, 4) is 0 Å². The summed E-state index contributed by atoms with van der Waals surface area (Å²) in [7, 11) is -15.3. The summed E-state index contributed by atoms with van der Waals surface area (Å²) in [6.07, 6.45) is -5.00. The first kappa shape index (κ1) is 26.1. The molecular formula is C11H19N5O14P3+. The molecule has 3 heterocycles. The van der Waals surface area contributed by atoms with E-state index in [1.54, 1.807) is 0 Å². The number of phosphoric acid groups is 3. The Morgan fingerprint density at radius 1 is 1.18 bits per heavy atom. The standard InChI is InChI=1S/C11H18N5O14P3/c1-15-3-16(8-5(15)9(19)14-11(12)13-8)10-7(18)6(17)4(28-10)2-27-32(23,24)30-33(25,26)29-31(20,21)22/h3-4,6-7,10,17-18H,2H2,1H3,(H6-,12,13,14,19,20,21,22,23,24,25,26)/p+1/t4-,6-,7+,10+/m0/s1. The predicted octanol–water partition coefficient (Wildman–Crippen LogP) is -2.91. The van der Waals surface area contributed by atoms with Crippen LogP contribution in [0.3, 0.4) is 0 Å². The molecule has 6 atom stereocenters. The molecule has 0 saturated carbocycles. The molecule has 0 amide bonds. The Labute approximate surface area is 182 Å². The lowest BCUT2D eigenvalue weighted by molar-refractivity contribution is -0.745. The van der Waals surface area contributed by atoms with Crippen LogP contribution in [0.1, 0.15) is 6.23 Å². The highest BCUT2D eigenvalue weighted by Crippen LogP contribution is 2.66. The van der Waals surface area contributed by atoms with Crippen molar-refractivity contribution in [3.05, 3.63) is 16.7 Å². The maximum atomic E-state index is 12.1. The largest absolute Gasteiger partial charge is 0.490 e. The zero-order chi connectivity index (χ0) is 24.9. The van der Waals surface area contributed by atoms with Crippen LogP contribution < -0.4 is 15.9 Å². The maximum Gasteiger partial charge on any atom is 0.490 e. The summed E-state index contributed by atoms with van der Waals surface area (Å²) >= 11 is 0. The third kappa shape index (κ3) is 5.93. The number of ether oxygens (including phenoxy) is 1. The van der Waals surface area contributed by atoms with E-state index < -0.39 is 60.2 Å². The number of hydrogen-bond acceptors (Lipinski definition) is 12. The fourth-order valence-electron chi connectivity index (χ4n) is 3.02. The number of nitrogens with two attached hydrogens (primary N) is 1. The molecule has 33 heavy (non-hydrogen) atoms. The van der Waals surface area contributed by atoms with Crippen LogP contribution in [-0.4, -0.2) is 69.2 Å². The van der Waals surface area contributed by atoms with Crippen molar-refractivity contribution >= 4 is 40.6 Å². The number of H-pyrrole nitrogens is 1. The quantitative estimate of drug-likeness (QED) is 0.123. The van der Waals surface area contributed by atoms with Crippen LogP contribution in [0, 0.1) is 0 Å². The molecule has 0 aromatic carbocycles. The number of hydrogen-bond donors (Lipinski definition) is 8. The van der Waals surface area contributed by atoms with Gasteiger partial charge in [-0.2, -0.15) is 8.62 Å². The van der Waals surface area contributed by atoms with Crippen molar-refractivity contribution in [2.24, 2.45) is 7.05 Å². The average Bonchev–Trinajstić information content (AvgIpc) is 3.07. The fourth-order valence-corrected chi connectivity index (χ4v) is 6.05. The van der Waals surface area contributed by atoms with Crippen LogP contribution in [0.15, 0.2) is 11.1 Å². The zero-order valence-electron chi connectivity index (χ0n) is 16.3. The summed E-state index contributed by atoms with van der Waals surface area (Å²) in [4.78, 5) is 54.1. The maximum absolute atomic E-state index is 12.1. The second-order valence-corrected chi connectivity index (χ2v) is 11.1. The van der Waals surface area contributed by atoms with Gasteiger partial charge in [-0.15, -0.1) is 0 Å². The summed E-state index contributed by atoms with van der Waals surface area (Å²) in [5.74, 6) is -0.246. The Kier molecular flexibility index (Phi) is 7.03. The zero-order valence-corrected chi connectivity index (χ0v) is 19.0. The molecular weight excluding hydrogens is 519 g/mol. The van der Waals surface area contributed by atoms with Crippen LogP contribution in [0.4, 0.5) is 5.95 Å². The molecule has 19 nitrogen and oxygen atoms in total. The molecule has 0 radical (unpaired) electrons. The predicted molar refractivity (Wildman–Crippen MR) is 102 cm³/mol. The van der Waals surface area contributed by atoms with Gasteiger partial charge in [-0.25, -0.2) is 18.3 Å². The molecule has 2 aromatic heterocycles. The van der Waals surface area contributed by atoms with Crippen molar-refractivity contribution in [2.45, 2.75) is 24.5 Å². The number of aliphatic hydroxyl groups excluding tert-OH is 2. The number of phosphoric ester groups is 1. The summed E-state index contributed by atoms with van der Waals surface area (Å²) in [6, 6.07) is 0. The first-order valence-electron chi connectivity index (χ1n) is 8.55. The van der Waals surface area contributed by atoms with E-state index in [2.05, 4.69) is 23.1 Å². The number of aryl methyl sites for hydroxylation is 1. The van der Waals surface area contributed by atoms with Gasteiger partial charge in [-0.05, 0) is 0 Å². The number of rotatable bonds is 8. The summed E-state index contributed by atoms with van der Waals surface area (Å²) in [5.41, 5.74) is 4.96. The molecule has 186 valence electrons. The lowest BCUT2D eigenvalue weighted by Gasteiger charge is -2.18. The van der Waals surface area contributed by atoms with Crippen molar-refractivity contribution in [2.75, 3.05) is 12.3 Å². The Hall–Kier alpha value is -1.56. The summed E-state index contributed by atoms with van der Waals surface area (Å²) in [5, 5.41) is 20.6. The van der Waals surface area contributed by atoms with Gasteiger partial charge in [0, 0.05) is 0 Å². The molecule has 1 fully saturated rings. The highest BCUT2D eigenvalue weighted by Gasteiger charge is 2.48. The van der Waals surface area contributed by atoms with Crippen molar-refractivity contribution < 1.29 is 65.9 Å². The molecule has 1 aliphatic rings. The summed E-state index contributed by atoms with van der Waals surface area (Å²) < 4.78 is 53.3. The van der Waals surface area contributed by atoms with Gasteiger partial charge in [-0.3, -0.25) is 18.9 Å². The van der Waals surface area contributed by atoms with E-state index in [4.69, 9.17) is 25.2 Å². The van der Waals surface area contributed by atoms with E-state index in [-0.39, 0.29) is 17.1 Å². The third-order valence-electron chi connectivity index (χ3n) is 4.22. The third-order valence-corrected chi connectivity index (χ3v) is 8.02. The molecule has 3 rings (SSSR count). The highest BCUT2D eigenvalue weighted by atomic mass is 31.3. The Morgan fingerprint density at radius 2 is 1.82 bits per heavy atom. The monoisotopic (exact) mass is 538 g/mol. The molecule has 22 heteroatoms. The summed E-state index contributed by atoms with van der Waals surface area (Å²) in [6.45, 7) is -1.00. The van der Waals surface area contributed by atoms with Gasteiger partial charge in [0.25, 0.3) is 11.5 Å². The van der Waals surface area contributed by atoms with Gasteiger partial charge in [0.1, 0.15) is 18.3 Å². The molecule has 2 aromatic rings. The van der Waals surface area contributed by atoms with Crippen molar-refractivity contribution in [1.82, 2.24) is 14.5 Å². The Bertz CT molecular complexity index is 1260. The van der Waals surface area contributed by atoms with Gasteiger partial charge in [-0.1, -0.05) is 4.98 Å². The minimum Gasteiger partial charge on any atom is -0.387 e. The molecule has 1 aliphatic heterocycles. The van der Waals surface area contributed by atoms with Crippen LogP contribution >= 0.6 is 23.5 Å². The topological polar surface area (TPSA) is 290 Å². The number of imidazole rings is 1. The van der Waals surface area contributed by atoms with Crippen molar-refractivity contribution in [1.29, 1.82) is 0 Å². The molecule has 2 unspecified atom stereocenters.